The molecular formula is C12H11F3N2O2S. The van der Waals surface area contributed by atoms with Crippen LogP contribution in [-0.2, 0) is 12.6 Å². The van der Waals surface area contributed by atoms with E-state index in [1.807, 2.05) is 0 Å². The number of thiophene rings is 1. The van der Waals surface area contributed by atoms with Gasteiger partial charge in [0.2, 0.25) is 0 Å². The Morgan fingerprint density at radius 1 is 1.45 bits per heavy atom. The molecule has 3 N–H and O–H groups in total. The van der Waals surface area contributed by atoms with Gasteiger partial charge in [-0.25, -0.2) is 9.78 Å². The van der Waals surface area contributed by atoms with Gasteiger partial charge in [-0.15, -0.1) is 11.3 Å². The molecule has 0 spiro atoms. The second kappa shape index (κ2) is 4.62. The number of pyridine rings is 1. The molecule has 0 aliphatic carbocycles. The number of carboxylic acids is 1. The monoisotopic (exact) mass is 304 g/mol. The van der Waals surface area contributed by atoms with Crippen LogP contribution in [0.4, 0.5) is 18.9 Å². The molecule has 0 saturated heterocycles. The van der Waals surface area contributed by atoms with Crippen molar-refractivity contribution in [2.75, 3.05) is 5.73 Å². The first-order valence-corrected chi connectivity index (χ1v) is 6.52. The van der Waals surface area contributed by atoms with Gasteiger partial charge in [0.25, 0.3) is 0 Å². The number of halogens is 3. The number of aromatic nitrogens is 1. The Hall–Kier alpha value is -1.83. The Labute approximate surface area is 116 Å². The minimum absolute atomic E-state index is 0.00561. The Kier molecular flexibility index (Phi) is 3.37. The summed E-state index contributed by atoms with van der Waals surface area (Å²) in [5.74, 6) is -1.35. The molecule has 0 bridgehead atoms. The summed E-state index contributed by atoms with van der Waals surface area (Å²) in [7, 11) is 0. The third-order valence-corrected chi connectivity index (χ3v) is 4.12. The molecule has 0 saturated carbocycles. The van der Waals surface area contributed by atoms with E-state index in [4.69, 9.17) is 10.8 Å². The van der Waals surface area contributed by atoms with E-state index in [2.05, 4.69) is 4.98 Å². The maximum atomic E-state index is 13.3. The SMILES string of the molecule is CCc1nc2sc(C(=O)O)c(N)c2c(C(F)(F)F)c1C. The molecule has 20 heavy (non-hydrogen) atoms. The molecule has 108 valence electrons. The lowest BCUT2D eigenvalue weighted by molar-refractivity contribution is -0.136. The second-order valence-electron chi connectivity index (χ2n) is 4.24. The summed E-state index contributed by atoms with van der Waals surface area (Å²) in [6.45, 7) is 3.02. The van der Waals surface area contributed by atoms with Crippen LogP contribution in [0.3, 0.4) is 0 Å². The van der Waals surface area contributed by atoms with E-state index in [9.17, 15) is 18.0 Å². The summed E-state index contributed by atoms with van der Waals surface area (Å²) in [4.78, 5) is 14.8. The van der Waals surface area contributed by atoms with E-state index in [-0.39, 0.29) is 26.3 Å². The van der Waals surface area contributed by atoms with Crippen LogP contribution in [0.15, 0.2) is 0 Å². The lowest BCUT2D eigenvalue weighted by Gasteiger charge is -2.14. The zero-order chi connectivity index (χ0) is 15.2. The van der Waals surface area contributed by atoms with Gasteiger partial charge in [0.1, 0.15) is 9.71 Å². The van der Waals surface area contributed by atoms with E-state index < -0.39 is 17.7 Å². The van der Waals surface area contributed by atoms with E-state index in [1.54, 1.807) is 6.92 Å². The molecular weight excluding hydrogens is 293 g/mol. The topological polar surface area (TPSA) is 76.2 Å². The summed E-state index contributed by atoms with van der Waals surface area (Å²) in [5, 5.41) is 8.67. The average Bonchev–Trinajstić information content (AvgIpc) is 2.64. The van der Waals surface area contributed by atoms with Crippen molar-refractivity contribution in [1.82, 2.24) is 4.98 Å². The number of nitrogens with zero attached hydrogens (tertiary/aromatic N) is 1. The number of alkyl halides is 3. The van der Waals surface area contributed by atoms with Crippen molar-refractivity contribution < 1.29 is 23.1 Å². The summed E-state index contributed by atoms with van der Waals surface area (Å²) in [6, 6.07) is 0. The molecule has 0 amide bonds. The molecule has 2 aromatic rings. The second-order valence-corrected chi connectivity index (χ2v) is 5.24. The Bertz CT molecular complexity index is 707. The summed E-state index contributed by atoms with van der Waals surface area (Å²) in [5.41, 5.74) is 4.62. The van der Waals surface area contributed by atoms with Gasteiger partial charge in [0.15, 0.2) is 0 Å². The third kappa shape index (κ3) is 2.09. The van der Waals surface area contributed by atoms with Crippen LogP contribution >= 0.6 is 11.3 Å². The van der Waals surface area contributed by atoms with Gasteiger partial charge in [-0.05, 0) is 18.9 Å². The molecule has 0 unspecified atom stereocenters. The first kappa shape index (κ1) is 14.6. The van der Waals surface area contributed by atoms with Gasteiger partial charge in [-0.2, -0.15) is 13.2 Å². The van der Waals surface area contributed by atoms with Crippen molar-refractivity contribution >= 4 is 33.2 Å². The highest BCUT2D eigenvalue weighted by Gasteiger charge is 2.38. The smallest absolute Gasteiger partial charge is 0.417 e. The highest BCUT2D eigenvalue weighted by atomic mass is 32.1. The molecule has 0 aliphatic rings. The van der Waals surface area contributed by atoms with Gasteiger partial charge < -0.3 is 10.8 Å². The summed E-state index contributed by atoms with van der Waals surface area (Å²) < 4.78 is 39.8. The number of fused-ring (bicyclic) bond motifs is 1. The van der Waals surface area contributed by atoms with Gasteiger partial charge in [0, 0.05) is 11.1 Å². The summed E-state index contributed by atoms with van der Waals surface area (Å²) in [6.07, 6.45) is -4.29. The molecule has 0 aliphatic heterocycles. The summed E-state index contributed by atoms with van der Waals surface area (Å²) >= 11 is 0.665. The molecule has 2 rings (SSSR count). The van der Waals surface area contributed by atoms with Crippen LogP contribution in [0.5, 0.6) is 0 Å². The number of hydrogen-bond donors (Lipinski definition) is 2. The van der Waals surface area contributed by atoms with E-state index >= 15 is 0 Å². The van der Waals surface area contributed by atoms with E-state index in [1.165, 1.54) is 6.92 Å². The lowest BCUT2D eigenvalue weighted by atomic mass is 10.0. The molecule has 0 aromatic carbocycles. The average molecular weight is 304 g/mol. The minimum Gasteiger partial charge on any atom is -0.477 e. The fourth-order valence-corrected chi connectivity index (χ4v) is 3.11. The Morgan fingerprint density at radius 3 is 2.50 bits per heavy atom. The fourth-order valence-electron chi connectivity index (χ4n) is 2.15. The number of nitrogen functional groups attached to an aromatic ring is 1. The molecule has 2 heterocycles. The predicted molar refractivity (Wildman–Crippen MR) is 70.1 cm³/mol. The largest absolute Gasteiger partial charge is 0.477 e. The van der Waals surface area contributed by atoms with E-state index in [0.29, 0.717) is 23.5 Å². The van der Waals surface area contributed by atoms with Crippen molar-refractivity contribution in [3.8, 4) is 0 Å². The number of anilines is 1. The maximum absolute atomic E-state index is 13.3. The zero-order valence-corrected chi connectivity index (χ0v) is 11.4. The Morgan fingerprint density at radius 2 is 2.05 bits per heavy atom. The highest BCUT2D eigenvalue weighted by molar-refractivity contribution is 7.21. The standard InChI is InChI=1S/C12H11F3N2O2S/c1-3-5-4(2)7(12(13,14)15)6-8(16)9(11(18)19)20-10(6)17-5/h3,16H2,1-2H3,(H,18,19). The number of aryl methyl sites for hydroxylation is 1. The first-order chi connectivity index (χ1) is 9.18. The van der Waals surface area contributed by atoms with Gasteiger partial charge in [-0.3, -0.25) is 0 Å². The number of carbonyl (C=O) groups is 1. The highest BCUT2D eigenvalue weighted by Crippen LogP contribution is 2.44. The molecule has 2 aromatic heterocycles. The van der Waals surface area contributed by atoms with Crippen LogP contribution < -0.4 is 5.73 Å². The zero-order valence-electron chi connectivity index (χ0n) is 10.6. The molecule has 8 heteroatoms. The number of aromatic carboxylic acids is 1. The lowest BCUT2D eigenvalue weighted by Crippen LogP contribution is -2.12. The fraction of sp³-hybridized carbons (Fsp3) is 0.333. The van der Waals surface area contributed by atoms with Crippen molar-refractivity contribution in [3.63, 3.8) is 0 Å². The van der Waals surface area contributed by atoms with Gasteiger partial charge in [-0.1, -0.05) is 6.92 Å². The van der Waals surface area contributed by atoms with Gasteiger partial charge >= 0.3 is 12.1 Å². The van der Waals surface area contributed by atoms with E-state index in [0.717, 1.165) is 0 Å². The van der Waals surface area contributed by atoms with Crippen LogP contribution in [0.1, 0.15) is 33.4 Å². The Balaban J connectivity index is 2.99. The quantitative estimate of drug-likeness (QED) is 0.890. The number of hydrogen-bond acceptors (Lipinski definition) is 4. The number of rotatable bonds is 2. The maximum Gasteiger partial charge on any atom is 0.417 e. The van der Waals surface area contributed by atoms with Crippen LogP contribution in [0.25, 0.3) is 10.2 Å². The van der Waals surface area contributed by atoms with Crippen molar-refractivity contribution in [3.05, 3.63) is 21.7 Å². The molecule has 0 fully saturated rings. The number of carboxylic acid groups (broad SMARTS) is 1. The van der Waals surface area contributed by atoms with Crippen LogP contribution in [0.2, 0.25) is 0 Å². The van der Waals surface area contributed by atoms with Gasteiger partial charge in [0.05, 0.1) is 11.3 Å². The molecule has 0 atom stereocenters. The predicted octanol–water partition coefficient (Wildman–Crippen LogP) is 3.47. The number of nitrogens with two attached hydrogens (primary N) is 1. The van der Waals surface area contributed by atoms with Crippen LogP contribution in [-0.4, -0.2) is 16.1 Å². The molecule has 0 radical (unpaired) electrons. The van der Waals surface area contributed by atoms with Crippen LogP contribution in [0, 0.1) is 6.92 Å². The van der Waals surface area contributed by atoms with Crippen molar-refractivity contribution in [1.29, 1.82) is 0 Å². The van der Waals surface area contributed by atoms with Crippen molar-refractivity contribution in [2.45, 2.75) is 26.4 Å². The van der Waals surface area contributed by atoms with Crippen molar-refractivity contribution in [2.24, 2.45) is 0 Å². The third-order valence-electron chi connectivity index (χ3n) is 3.03. The normalized spacial score (nSPS) is 12.1. The first-order valence-electron chi connectivity index (χ1n) is 5.70. The minimum atomic E-state index is -4.61. The molecule has 4 nitrogen and oxygen atoms in total.